The Morgan fingerprint density at radius 1 is 1.32 bits per heavy atom. The summed E-state index contributed by atoms with van der Waals surface area (Å²) in [5, 5.41) is 11.5. The van der Waals surface area contributed by atoms with E-state index < -0.39 is 6.55 Å². The summed E-state index contributed by atoms with van der Waals surface area (Å²) >= 11 is 0. The van der Waals surface area contributed by atoms with Crippen molar-refractivity contribution in [2.45, 2.75) is 51.7 Å². The normalized spacial score (nSPS) is 14.5. The largest absolute Gasteiger partial charge is 0.363 e. The molecule has 0 radical (unpaired) electrons. The Bertz CT molecular complexity index is 619. The first-order valence-electron chi connectivity index (χ1n) is 7.20. The van der Waals surface area contributed by atoms with Crippen molar-refractivity contribution in [3.8, 4) is 0 Å². The molecule has 0 bridgehead atoms. The van der Waals surface area contributed by atoms with Crippen LogP contribution in [0.2, 0.25) is 0 Å². The fourth-order valence-electron chi connectivity index (χ4n) is 2.33. The molecule has 122 valence electrons. The molecule has 1 saturated carbocycles. The van der Waals surface area contributed by atoms with Gasteiger partial charge in [0, 0.05) is 24.2 Å². The molecule has 0 aliphatic heterocycles. The van der Waals surface area contributed by atoms with Crippen molar-refractivity contribution in [1.29, 1.82) is 0 Å². The number of rotatable bonds is 6. The van der Waals surface area contributed by atoms with Gasteiger partial charge in [-0.1, -0.05) is 0 Å². The molecule has 0 spiro atoms. The third kappa shape index (κ3) is 3.58. The van der Waals surface area contributed by atoms with Crippen LogP contribution in [0.25, 0.3) is 0 Å². The molecule has 2 heterocycles. The van der Waals surface area contributed by atoms with E-state index in [9.17, 15) is 8.78 Å². The number of hydrogen-bond acceptors (Lipinski definition) is 3. The number of anilines is 1. The average Bonchev–Trinajstić information content (AvgIpc) is 3.02. The van der Waals surface area contributed by atoms with Crippen molar-refractivity contribution in [3.05, 3.63) is 29.7 Å². The van der Waals surface area contributed by atoms with E-state index in [4.69, 9.17) is 0 Å². The lowest BCUT2D eigenvalue weighted by molar-refractivity contribution is 0.0569. The molecule has 22 heavy (non-hydrogen) atoms. The van der Waals surface area contributed by atoms with Gasteiger partial charge in [0.2, 0.25) is 0 Å². The van der Waals surface area contributed by atoms with Gasteiger partial charge in [-0.15, -0.1) is 12.4 Å². The maximum absolute atomic E-state index is 12.5. The molecule has 0 atom stereocenters. The first-order chi connectivity index (χ1) is 10.0. The number of hydrogen-bond donors (Lipinski definition) is 1. The second-order valence-electron chi connectivity index (χ2n) is 5.69. The molecule has 0 unspecified atom stereocenters. The molecular weight excluding hydrogens is 312 g/mol. The van der Waals surface area contributed by atoms with Gasteiger partial charge in [0.15, 0.2) is 0 Å². The molecule has 1 N–H and O–H groups in total. The molecule has 0 aromatic carbocycles. The first kappa shape index (κ1) is 16.7. The van der Waals surface area contributed by atoms with Crippen LogP contribution in [-0.4, -0.2) is 19.6 Å². The molecule has 0 amide bonds. The zero-order valence-corrected chi connectivity index (χ0v) is 13.4. The molecule has 5 nitrogen and oxygen atoms in total. The van der Waals surface area contributed by atoms with Gasteiger partial charge >= 0.3 is 6.55 Å². The lowest BCUT2D eigenvalue weighted by Crippen LogP contribution is -2.11. The van der Waals surface area contributed by atoms with Gasteiger partial charge in [0.1, 0.15) is 5.82 Å². The Labute approximate surface area is 134 Å². The molecule has 1 fully saturated rings. The Balaban J connectivity index is 0.00000176. The second kappa shape index (κ2) is 6.64. The molecule has 2 aromatic heterocycles. The number of nitrogens with zero attached hydrogens (tertiary/aromatic N) is 4. The second-order valence-corrected chi connectivity index (χ2v) is 5.69. The quantitative estimate of drug-likeness (QED) is 0.871. The summed E-state index contributed by atoms with van der Waals surface area (Å²) in [5.74, 6) is 1.04. The molecule has 2 aromatic rings. The highest BCUT2D eigenvalue weighted by Crippen LogP contribution is 2.39. The highest BCUT2D eigenvalue weighted by atomic mass is 35.5. The topological polar surface area (TPSA) is 47.7 Å². The van der Waals surface area contributed by atoms with Crippen LogP contribution in [-0.2, 0) is 6.54 Å². The summed E-state index contributed by atoms with van der Waals surface area (Å²) in [7, 11) is 0. The predicted molar refractivity (Wildman–Crippen MR) is 82.6 cm³/mol. The van der Waals surface area contributed by atoms with Gasteiger partial charge in [-0.25, -0.2) is 4.68 Å². The third-order valence-electron chi connectivity index (χ3n) is 3.58. The fraction of sp³-hybridized carbons (Fsp3) is 0.571. The predicted octanol–water partition coefficient (Wildman–Crippen LogP) is 3.97. The smallest absolute Gasteiger partial charge is 0.333 e. The van der Waals surface area contributed by atoms with Gasteiger partial charge in [-0.2, -0.15) is 19.0 Å². The molecule has 8 heteroatoms. The van der Waals surface area contributed by atoms with Gasteiger partial charge in [0.05, 0.1) is 17.9 Å². The van der Waals surface area contributed by atoms with Crippen LogP contribution in [0.1, 0.15) is 56.6 Å². The van der Waals surface area contributed by atoms with Crippen LogP contribution in [0.3, 0.4) is 0 Å². The fourth-order valence-corrected chi connectivity index (χ4v) is 2.33. The van der Waals surface area contributed by atoms with E-state index >= 15 is 0 Å². The number of alkyl halides is 2. The van der Waals surface area contributed by atoms with Crippen LogP contribution in [0.4, 0.5) is 14.6 Å². The molecule has 1 aliphatic rings. The maximum Gasteiger partial charge on any atom is 0.333 e. The Hall–Kier alpha value is -1.63. The average molecular weight is 332 g/mol. The van der Waals surface area contributed by atoms with E-state index in [0.717, 1.165) is 11.4 Å². The SMILES string of the molecule is CC(C)n1nc(C2CC2)cc1CNc1ccn(C(F)F)n1.Cl. The Kier molecular flexibility index (Phi) is 5.05. The van der Waals surface area contributed by atoms with Crippen LogP contribution < -0.4 is 5.32 Å². The van der Waals surface area contributed by atoms with Crippen LogP contribution in [0.5, 0.6) is 0 Å². The zero-order chi connectivity index (χ0) is 15.0. The zero-order valence-electron chi connectivity index (χ0n) is 12.5. The number of nitrogens with one attached hydrogen (secondary N) is 1. The minimum absolute atomic E-state index is 0. The van der Waals surface area contributed by atoms with E-state index in [1.54, 1.807) is 6.07 Å². The van der Waals surface area contributed by atoms with Crippen LogP contribution in [0, 0.1) is 0 Å². The third-order valence-corrected chi connectivity index (χ3v) is 3.58. The van der Waals surface area contributed by atoms with E-state index in [0.29, 0.717) is 23.0 Å². The van der Waals surface area contributed by atoms with Crippen molar-refractivity contribution >= 4 is 18.2 Å². The van der Waals surface area contributed by atoms with E-state index in [1.165, 1.54) is 19.0 Å². The summed E-state index contributed by atoms with van der Waals surface area (Å²) in [4.78, 5) is 0. The summed E-state index contributed by atoms with van der Waals surface area (Å²) < 4.78 is 27.6. The minimum atomic E-state index is -2.61. The van der Waals surface area contributed by atoms with Crippen molar-refractivity contribution in [1.82, 2.24) is 19.6 Å². The Morgan fingerprint density at radius 2 is 2.05 bits per heavy atom. The Morgan fingerprint density at radius 3 is 2.59 bits per heavy atom. The lowest BCUT2D eigenvalue weighted by Gasteiger charge is -2.11. The summed E-state index contributed by atoms with van der Waals surface area (Å²) in [6.45, 7) is 2.08. The lowest BCUT2D eigenvalue weighted by atomic mass is 10.2. The van der Waals surface area contributed by atoms with E-state index in [-0.39, 0.29) is 18.4 Å². The van der Waals surface area contributed by atoms with Crippen molar-refractivity contribution in [3.63, 3.8) is 0 Å². The van der Waals surface area contributed by atoms with E-state index in [1.807, 2.05) is 4.68 Å². The van der Waals surface area contributed by atoms with Gasteiger partial charge in [-0.3, -0.25) is 4.68 Å². The van der Waals surface area contributed by atoms with Crippen molar-refractivity contribution in [2.75, 3.05) is 5.32 Å². The van der Waals surface area contributed by atoms with Gasteiger partial charge in [-0.05, 0) is 32.8 Å². The molecular formula is C14H20ClF2N5. The first-order valence-corrected chi connectivity index (χ1v) is 7.20. The van der Waals surface area contributed by atoms with Gasteiger partial charge < -0.3 is 5.32 Å². The van der Waals surface area contributed by atoms with Crippen LogP contribution >= 0.6 is 12.4 Å². The van der Waals surface area contributed by atoms with Crippen LogP contribution in [0.15, 0.2) is 18.3 Å². The standard InChI is InChI=1S/C14H19F2N5.ClH/c1-9(2)21-11(7-12(18-21)10-3-4-10)8-17-13-5-6-20(19-13)14(15)16;/h5-7,9-10,14H,3-4,8H2,1-2H3,(H,17,19);1H. The number of aromatic nitrogens is 4. The number of halogens is 3. The summed E-state index contributed by atoms with van der Waals surface area (Å²) in [6.07, 6.45) is 3.68. The van der Waals surface area contributed by atoms with Crippen molar-refractivity contribution in [2.24, 2.45) is 0 Å². The molecule has 1 aliphatic carbocycles. The maximum atomic E-state index is 12.5. The molecule has 3 rings (SSSR count). The monoisotopic (exact) mass is 331 g/mol. The highest BCUT2D eigenvalue weighted by Gasteiger charge is 2.27. The summed E-state index contributed by atoms with van der Waals surface area (Å²) in [5.41, 5.74) is 2.19. The molecule has 0 saturated heterocycles. The van der Waals surface area contributed by atoms with Crippen molar-refractivity contribution < 1.29 is 8.78 Å². The van der Waals surface area contributed by atoms with Gasteiger partial charge in [0.25, 0.3) is 0 Å². The highest BCUT2D eigenvalue weighted by molar-refractivity contribution is 5.85. The van der Waals surface area contributed by atoms with E-state index in [2.05, 4.69) is 35.4 Å². The summed E-state index contributed by atoms with van der Waals surface area (Å²) in [6, 6.07) is 3.92. The minimum Gasteiger partial charge on any atom is -0.363 e.